The van der Waals surface area contributed by atoms with E-state index in [1.807, 2.05) is 19.9 Å². The number of amides is 1. The third-order valence-corrected chi connectivity index (χ3v) is 3.50. The molecule has 0 saturated carbocycles. The number of carbonyl (C=O) groups excluding carboxylic acids is 1. The first kappa shape index (κ1) is 13.1. The first-order valence-corrected chi connectivity index (χ1v) is 6.69. The Bertz CT molecular complexity index is 442. The molecule has 0 unspecified atom stereocenters. The number of benzene rings is 1. The van der Waals surface area contributed by atoms with Gasteiger partial charge < -0.3 is 4.90 Å². The Morgan fingerprint density at radius 1 is 1.22 bits per heavy atom. The van der Waals surface area contributed by atoms with E-state index in [1.165, 1.54) is 0 Å². The third-order valence-electron chi connectivity index (χ3n) is 3.50. The van der Waals surface area contributed by atoms with Crippen LogP contribution in [0.1, 0.15) is 51.0 Å². The van der Waals surface area contributed by atoms with Gasteiger partial charge in [0, 0.05) is 13.0 Å². The molecule has 0 radical (unpaired) electrons. The molecule has 2 rings (SSSR count). The molecule has 18 heavy (non-hydrogen) atoms. The number of anilines is 1. The minimum absolute atomic E-state index is 0.0451. The first-order valence-electron chi connectivity index (χ1n) is 6.69. The van der Waals surface area contributed by atoms with Gasteiger partial charge in [-0.05, 0) is 36.5 Å². The second kappa shape index (κ2) is 5.51. The second-order valence-corrected chi connectivity index (χ2v) is 5.22. The van der Waals surface area contributed by atoms with Gasteiger partial charge in [-0.1, -0.05) is 26.3 Å². The lowest BCUT2D eigenvalue weighted by molar-refractivity contribution is -0.118. The van der Waals surface area contributed by atoms with E-state index in [4.69, 9.17) is 0 Å². The fourth-order valence-electron chi connectivity index (χ4n) is 2.34. The molecule has 1 aromatic rings. The Kier molecular flexibility index (Phi) is 4.00. The quantitative estimate of drug-likeness (QED) is 0.779. The molecule has 1 heterocycles. The average Bonchev–Trinajstić information content (AvgIpc) is 2.54. The van der Waals surface area contributed by atoms with E-state index in [0.717, 1.165) is 24.8 Å². The van der Waals surface area contributed by atoms with Gasteiger partial charge in [0.1, 0.15) is 5.82 Å². The molecular formula is C15H20FNO. The van der Waals surface area contributed by atoms with Crippen LogP contribution in [0.15, 0.2) is 18.2 Å². The van der Waals surface area contributed by atoms with Crippen LogP contribution in [0.2, 0.25) is 0 Å². The first-order chi connectivity index (χ1) is 8.59. The molecule has 0 N–H and O–H groups in total. The summed E-state index contributed by atoms with van der Waals surface area (Å²) >= 11 is 0. The number of halogens is 1. The predicted octanol–water partition coefficient (Wildman–Crippen LogP) is 3.86. The van der Waals surface area contributed by atoms with Gasteiger partial charge in [-0.25, -0.2) is 4.39 Å². The number of carbonyl (C=O) groups is 1. The Balaban J connectivity index is 2.29. The van der Waals surface area contributed by atoms with Crippen LogP contribution in [0.25, 0.3) is 0 Å². The van der Waals surface area contributed by atoms with Crippen LogP contribution in [-0.2, 0) is 4.79 Å². The maximum absolute atomic E-state index is 14.1. The summed E-state index contributed by atoms with van der Waals surface area (Å²) in [5.41, 5.74) is 1.41. The largest absolute Gasteiger partial charge is 0.310 e. The van der Waals surface area contributed by atoms with Gasteiger partial charge in [-0.2, -0.15) is 0 Å². The van der Waals surface area contributed by atoms with Crippen LogP contribution in [0.3, 0.4) is 0 Å². The van der Waals surface area contributed by atoms with Crippen LogP contribution in [-0.4, -0.2) is 12.5 Å². The zero-order valence-corrected chi connectivity index (χ0v) is 11.1. The monoisotopic (exact) mass is 249 g/mol. The van der Waals surface area contributed by atoms with Gasteiger partial charge in [-0.15, -0.1) is 0 Å². The maximum atomic E-state index is 14.1. The van der Waals surface area contributed by atoms with Crippen molar-refractivity contribution in [3.63, 3.8) is 0 Å². The summed E-state index contributed by atoms with van der Waals surface area (Å²) < 4.78 is 14.1. The molecule has 98 valence electrons. The van der Waals surface area contributed by atoms with E-state index in [-0.39, 0.29) is 11.7 Å². The van der Waals surface area contributed by atoms with E-state index in [9.17, 15) is 9.18 Å². The Morgan fingerprint density at radius 2 is 2.00 bits per heavy atom. The van der Waals surface area contributed by atoms with Crippen LogP contribution in [0, 0.1) is 5.82 Å². The van der Waals surface area contributed by atoms with Gasteiger partial charge in [0.2, 0.25) is 5.91 Å². The van der Waals surface area contributed by atoms with Gasteiger partial charge >= 0.3 is 0 Å². The average molecular weight is 249 g/mol. The van der Waals surface area contributed by atoms with Crippen molar-refractivity contribution in [1.29, 1.82) is 0 Å². The van der Waals surface area contributed by atoms with E-state index >= 15 is 0 Å². The highest BCUT2D eigenvalue weighted by Gasteiger charge is 2.21. The highest BCUT2D eigenvalue weighted by Crippen LogP contribution is 2.26. The molecule has 1 amide bonds. The second-order valence-electron chi connectivity index (χ2n) is 5.22. The van der Waals surface area contributed by atoms with E-state index in [1.54, 1.807) is 17.0 Å². The molecule has 1 aliphatic heterocycles. The van der Waals surface area contributed by atoms with Crippen molar-refractivity contribution < 1.29 is 9.18 Å². The fraction of sp³-hybridized carbons (Fsp3) is 0.533. The molecule has 2 nitrogen and oxygen atoms in total. The van der Waals surface area contributed by atoms with Crippen molar-refractivity contribution in [3.8, 4) is 0 Å². The normalized spacial score (nSPS) is 17.1. The van der Waals surface area contributed by atoms with Gasteiger partial charge in [-0.3, -0.25) is 4.79 Å². The lowest BCUT2D eigenvalue weighted by Crippen LogP contribution is -2.30. The number of hydrogen-bond donors (Lipinski definition) is 0. The zero-order chi connectivity index (χ0) is 13.1. The zero-order valence-electron chi connectivity index (χ0n) is 11.1. The summed E-state index contributed by atoms with van der Waals surface area (Å²) in [5.74, 6) is 0.0635. The minimum atomic E-state index is -0.281. The lowest BCUT2D eigenvalue weighted by Gasteiger charge is -2.22. The van der Waals surface area contributed by atoms with Crippen LogP contribution in [0.4, 0.5) is 10.1 Å². The summed E-state index contributed by atoms with van der Waals surface area (Å²) in [6.45, 7) is 4.70. The lowest BCUT2D eigenvalue weighted by atomic mass is 10.0. The molecule has 0 bridgehead atoms. The van der Waals surface area contributed by atoms with Crippen molar-refractivity contribution >= 4 is 11.6 Å². The molecule has 1 aliphatic rings. The highest BCUT2D eigenvalue weighted by atomic mass is 19.1. The van der Waals surface area contributed by atoms with Gasteiger partial charge in [0.25, 0.3) is 0 Å². The summed E-state index contributed by atoms with van der Waals surface area (Å²) in [6, 6.07) is 5.22. The van der Waals surface area contributed by atoms with Crippen molar-refractivity contribution in [2.45, 2.75) is 45.4 Å². The molecule has 0 spiro atoms. The minimum Gasteiger partial charge on any atom is -0.310 e. The standard InChI is InChI=1S/C15H20FNO/c1-11(2)12-7-8-14(13(16)10-12)17-9-5-3-4-6-15(17)18/h7-8,10-11H,3-6,9H2,1-2H3. The van der Waals surface area contributed by atoms with Crippen molar-refractivity contribution in [1.82, 2.24) is 0 Å². The maximum Gasteiger partial charge on any atom is 0.227 e. The summed E-state index contributed by atoms with van der Waals surface area (Å²) in [4.78, 5) is 13.5. The molecule has 0 aliphatic carbocycles. The highest BCUT2D eigenvalue weighted by molar-refractivity contribution is 5.93. The summed E-state index contributed by atoms with van der Waals surface area (Å²) in [5, 5.41) is 0. The topological polar surface area (TPSA) is 20.3 Å². The Morgan fingerprint density at radius 3 is 2.67 bits per heavy atom. The third kappa shape index (κ3) is 2.71. The Labute approximate surface area is 108 Å². The smallest absolute Gasteiger partial charge is 0.227 e. The summed E-state index contributed by atoms with van der Waals surface area (Å²) in [7, 11) is 0. The fourth-order valence-corrected chi connectivity index (χ4v) is 2.34. The van der Waals surface area contributed by atoms with Gasteiger partial charge in [0.15, 0.2) is 0 Å². The van der Waals surface area contributed by atoms with Crippen molar-refractivity contribution in [2.24, 2.45) is 0 Å². The SMILES string of the molecule is CC(C)c1ccc(N2CCCCCC2=O)c(F)c1. The van der Waals surface area contributed by atoms with Crippen LogP contribution >= 0.6 is 0 Å². The van der Waals surface area contributed by atoms with Gasteiger partial charge in [0.05, 0.1) is 5.69 Å². The predicted molar refractivity (Wildman–Crippen MR) is 71.3 cm³/mol. The van der Waals surface area contributed by atoms with Crippen molar-refractivity contribution in [2.75, 3.05) is 11.4 Å². The van der Waals surface area contributed by atoms with Crippen LogP contribution < -0.4 is 4.90 Å². The molecule has 0 aromatic heterocycles. The molecule has 0 atom stereocenters. The number of nitrogens with zero attached hydrogens (tertiary/aromatic N) is 1. The van der Waals surface area contributed by atoms with E-state index in [2.05, 4.69) is 0 Å². The number of rotatable bonds is 2. The molecule has 1 fully saturated rings. The van der Waals surface area contributed by atoms with E-state index < -0.39 is 0 Å². The molecular weight excluding hydrogens is 229 g/mol. The molecule has 3 heteroatoms. The van der Waals surface area contributed by atoms with Crippen molar-refractivity contribution in [3.05, 3.63) is 29.6 Å². The molecule has 1 aromatic carbocycles. The Hall–Kier alpha value is -1.38. The number of hydrogen-bond acceptors (Lipinski definition) is 1. The van der Waals surface area contributed by atoms with Crippen LogP contribution in [0.5, 0.6) is 0 Å². The molecule has 1 saturated heterocycles. The summed E-state index contributed by atoms with van der Waals surface area (Å²) in [6.07, 6.45) is 3.46. The van der Waals surface area contributed by atoms with E-state index in [0.29, 0.717) is 24.6 Å².